The van der Waals surface area contributed by atoms with Gasteiger partial charge >= 0.3 is 0 Å². The van der Waals surface area contributed by atoms with Crippen LogP contribution in [-0.2, 0) is 25.9 Å². The minimum Gasteiger partial charge on any atom is -0.497 e. The summed E-state index contributed by atoms with van der Waals surface area (Å²) in [6, 6.07) is 7.95. The lowest BCUT2D eigenvalue weighted by Gasteiger charge is -2.28. The largest absolute Gasteiger partial charge is 0.497 e. The zero-order chi connectivity index (χ0) is 18.8. The molecule has 3 heterocycles. The summed E-state index contributed by atoms with van der Waals surface area (Å²) < 4.78 is 5.32. The van der Waals surface area contributed by atoms with Gasteiger partial charge in [-0.2, -0.15) is 0 Å². The minimum absolute atomic E-state index is 0.563. The Morgan fingerprint density at radius 2 is 2.11 bits per heavy atom. The van der Waals surface area contributed by atoms with E-state index in [0.29, 0.717) is 5.15 Å². The fraction of sp³-hybridized carbons (Fsp3) is 0.381. The number of benzene rings is 1. The van der Waals surface area contributed by atoms with E-state index >= 15 is 0 Å². The van der Waals surface area contributed by atoms with Crippen LogP contribution in [0.3, 0.4) is 0 Å². The van der Waals surface area contributed by atoms with E-state index < -0.39 is 0 Å². The normalized spacial score (nSPS) is 14.3. The van der Waals surface area contributed by atoms with E-state index in [9.17, 15) is 0 Å². The Balaban J connectivity index is 1.55. The summed E-state index contributed by atoms with van der Waals surface area (Å²) in [7, 11) is 1.67. The molecule has 0 amide bonds. The fourth-order valence-corrected chi connectivity index (χ4v) is 3.75. The predicted octanol–water partition coefficient (Wildman–Crippen LogP) is 4.20. The van der Waals surface area contributed by atoms with Crippen LogP contribution < -0.4 is 4.74 Å². The highest BCUT2D eigenvalue weighted by atomic mass is 35.5. The van der Waals surface area contributed by atoms with Gasteiger partial charge in [-0.25, -0.2) is 15.0 Å². The van der Waals surface area contributed by atoms with Gasteiger partial charge in [0, 0.05) is 60.9 Å². The van der Waals surface area contributed by atoms with Gasteiger partial charge in [0.15, 0.2) is 0 Å². The Morgan fingerprint density at radius 1 is 1.22 bits per heavy atom. The second-order valence-electron chi connectivity index (χ2n) is 6.97. The van der Waals surface area contributed by atoms with Crippen molar-refractivity contribution in [3.05, 3.63) is 58.3 Å². The number of hydrogen-bond acceptors (Lipinski definition) is 5. The van der Waals surface area contributed by atoms with Crippen molar-refractivity contribution in [1.29, 1.82) is 0 Å². The first-order valence-electron chi connectivity index (χ1n) is 9.35. The van der Waals surface area contributed by atoms with Crippen molar-refractivity contribution in [3.8, 4) is 5.75 Å². The monoisotopic (exact) mass is 382 g/mol. The maximum atomic E-state index is 6.46. The third-order valence-electron chi connectivity index (χ3n) is 4.98. The van der Waals surface area contributed by atoms with Gasteiger partial charge in [0.1, 0.15) is 16.7 Å². The van der Waals surface area contributed by atoms with Crippen LogP contribution in [0.1, 0.15) is 36.0 Å². The van der Waals surface area contributed by atoms with Gasteiger partial charge in [-0.3, -0.25) is 4.90 Å². The summed E-state index contributed by atoms with van der Waals surface area (Å²) >= 11 is 6.46. The third kappa shape index (κ3) is 3.89. The molecule has 0 fully saturated rings. The summed E-state index contributed by atoms with van der Waals surface area (Å²) in [6.07, 6.45) is 4.95. The summed E-state index contributed by atoms with van der Waals surface area (Å²) in [5, 5.41) is 1.60. The molecule has 5 nitrogen and oxygen atoms in total. The molecular formula is C21H23ClN4O. The molecule has 27 heavy (non-hydrogen) atoms. The Bertz CT molecular complexity index is 976. The van der Waals surface area contributed by atoms with E-state index in [2.05, 4.69) is 27.9 Å². The van der Waals surface area contributed by atoms with Crippen LogP contribution in [0.4, 0.5) is 0 Å². The lowest BCUT2D eigenvalue weighted by Crippen LogP contribution is -2.31. The number of aromatic nitrogens is 3. The Morgan fingerprint density at radius 3 is 2.93 bits per heavy atom. The molecule has 0 spiro atoms. The van der Waals surface area contributed by atoms with E-state index in [1.54, 1.807) is 7.11 Å². The van der Waals surface area contributed by atoms with E-state index in [1.807, 2.05) is 24.4 Å². The van der Waals surface area contributed by atoms with Crippen LogP contribution in [0.15, 0.2) is 30.5 Å². The Labute approximate surface area is 164 Å². The predicted molar refractivity (Wildman–Crippen MR) is 107 cm³/mol. The lowest BCUT2D eigenvalue weighted by atomic mass is 10.1. The number of fused-ring (bicyclic) bond motifs is 2. The van der Waals surface area contributed by atoms with Gasteiger partial charge in [-0.05, 0) is 30.7 Å². The van der Waals surface area contributed by atoms with Gasteiger partial charge in [-0.15, -0.1) is 0 Å². The second-order valence-corrected chi connectivity index (χ2v) is 7.32. The summed E-state index contributed by atoms with van der Waals surface area (Å²) in [6.45, 7) is 4.72. The standard InChI is InChI=1S/C21H23ClN4O/c1-3-4-20-23-11-16-13-26(8-7-19(16)24-20)12-15-9-14-10-17(27-2)5-6-18(14)25-21(15)22/h5-6,9-11H,3-4,7-8,12-13H2,1-2H3. The van der Waals surface area contributed by atoms with Crippen LogP contribution >= 0.6 is 11.6 Å². The average Bonchev–Trinajstić information content (AvgIpc) is 2.68. The molecule has 0 saturated heterocycles. The molecule has 2 aromatic heterocycles. The average molecular weight is 383 g/mol. The smallest absolute Gasteiger partial charge is 0.134 e. The zero-order valence-electron chi connectivity index (χ0n) is 15.7. The van der Waals surface area contributed by atoms with Gasteiger partial charge in [0.2, 0.25) is 0 Å². The summed E-state index contributed by atoms with van der Waals surface area (Å²) in [5.41, 5.74) is 4.32. The number of rotatable bonds is 5. The maximum absolute atomic E-state index is 6.46. The first-order chi connectivity index (χ1) is 13.2. The first-order valence-corrected chi connectivity index (χ1v) is 9.73. The molecule has 0 atom stereocenters. The molecule has 3 aromatic rings. The zero-order valence-corrected chi connectivity index (χ0v) is 16.5. The maximum Gasteiger partial charge on any atom is 0.134 e. The van der Waals surface area contributed by atoms with Crippen molar-refractivity contribution in [2.75, 3.05) is 13.7 Å². The number of pyridine rings is 1. The second kappa shape index (κ2) is 7.79. The van der Waals surface area contributed by atoms with Crippen LogP contribution in [0.25, 0.3) is 10.9 Å². The highest BCUT2D eigenvalue weighted by molar-refractivity contribution is 6.30. The Kier molecular flexibility index (Phi) is 5.23. The molecule has 1 aromatic carbocycles. The van der Waals surface area contributed by atoms with E-state index in [-0.39, 0.29) is 0 Å². The molecule has 1 aliphatic heterocycles. The van der Waals surface area contributed by atoms with Crippen LogP contribution in [-0.4, -0.2) is 33.5 Å². The highest BCUT2D eigenvalue weighted by Crippen LogP contribution is 2.27. The van der Waals surface area contributed by atoms with Gasteiger partial charge in [-0.1, -0.05) is 18.5 Å². The molecule has 1 aliphatic rings. The molecule has 140 valence electrons. The molecular weight excluding hydrogens is 360 g/mol. The van der Waals surface area contributed by atoms with Crippen molar-refractivity contribution in [1.82, 2.24) is 19.9 Å². The fourth-order valence-electron chi connectivity index (χ4n) is 3.55. The number of nitrogens with zero attached hydrogens (tertiary/aromatic N) is 4. The number of halogens is 1. The number of hydrogen-bond donors (Lipinski definition) is 0. The van der Waals surface area contributed by atoms with Crippen molar-refractivity contribution in [2.45, 2.75) is 39.3 Å². The molecule has 0 bridgehead atoms. The number of methoxy groups -OCH3 is 1. The quantitative estimate of drug-likeness (QED) is 0.619. The number of aryl methyl sites for hydroxylation is 1. The van der Waals surface area contributed by atoms with Gasteiger partial charge in [0.25, 0.3) is 0 Å². The van der Waals surface area contributed by atoms with Crippen molar-refractivity contribution in [3.63, 3.8) is 0 Å². The highest BCUT2D eigenvalue weighted by Gasteiger charge is 2.20. The molecule has 0 radical (unpaired) electrons. The van der Waals surface area contributed by atoms with Crippen molar-refractivity contribution < 1.29 is 4.74 Å². The summed E-state index contributed by atoms with van der Waals surface area (Å²) in [5.74, 6) is 1.78. The van der Waals surface area contributed by atoms with Gasteiger partial charge < -0.3 is 4.74 Å². The van der Waals surface area contributed by atoms with Crippen LogP contribution in [0, 0.1) is 0 Å². The van der Waals surface area contributed by atoms with Crippen LogP contribution in [0.2, 0.25) is 5.15 Å². The Hall–Kier alpha value is -2.24. The molecule has 6 heteroatoms. The number of ether oxygens (including phenoxy) is 1. The van der Waals surface area contributed by atoms with E-state index in [1.165, 1.54) is 11.3 Å². The third-order valence-corrected chi connectivity index (χ3v) is 5.31. The van der Waals surface area contributed by atoms with E-state index in [4.69, 9.17) is 21.3 Å². The van der Waals surface area contributed by atoms with Crippen molar-refractivity contribution in [2.24, 2.45) is 0 Å². The molecule has 0 N–H and O–H groups in total. The molecule has 4 rings (SSSR count). The van der Waals surface area contributed by atoms with Gasteiger partial charge in [0.05, 0.1) is 12.6 Å². The van der Waals surface area contributed by atoms with E-state index in [0.717, 1.165) is 66.9 Å². The molecule has 0 aliphatic carbocycles. The minimum atomic E-state index is 0.563. The first kappa shape index (κ1) is 18.1. The molecule has 0 saturated carbocycles. The topological polar surface area (TPSA) is 51.1 Å². The molecule has 0 unspecified atom stereocenters. The lowest BCUT2D eigenvalue weighted by molar-refractivity contribution is 0.242. The van der Waals surface area contributed by atoms with Crippen LogP contribution in [0.5, 0.6) is 5.75 Å². The van der Waals surface area contributed by atoms with Crippen molar-refractivity contribution >= 4 is 22.5 Å². The SMILES string of the molecule is CCCc1ncc2c(n1)CCN(Cc1cc3cc(OC)ccc3nc1Cl)C2. The summed E-state index contributed by atoms with van der Waals surface area (Å²) in [4.78, 5) is 16.2.